The molecular weight excluding hydrogens is 276 g/mol. The fourth-order valence-electron chi connectivity index (χ4n) is 3.97. The van der Waals surface area contributed by atoms with Crippen LogP contribution in [0.5, 0.6) is 11.5 Å². The smallest absolute Gasteiger partial charge is 0.231 e. The Balaban J connectivity index is 1.30. The van der Waals surface area contributed by atoms with Gasteiger partial charge < -0.3 is 14.8 Å². The fraction of sp³-hybridized carbons (Fsp3) is 0.556. The van der Waals surface area contributed by atoms with Gasteiger partial charge in [0.2, 0.25) is 6.79 Å². The van der Waals surface area contributed by atoms with E-state index in [9.17, 15) is 0 Å². The molecule has 4 nitrogen and oxygen atoms in total. The summed E-state index contributed by atoms with van der Waals surface area (Å²) in [6.07, 6.45) is 8.15. The number of nitrogens with zero attached hydrogens (tertiary/aromatic N) is 1. The summed E-state index contributed by atoms with van der Waals surface area (Å²) in [5.74, 6) is 5.88. The third-order valence-electron chi connectivity index (χ3n) is 5.24. The van der Waals surface area contributed by atoms with E-state index in [-0.39, 0.29) is 0 Å². The quantitative estimate of drug-likeness (QED) is 0.860. The largest absolute Gasteiger partial charge is 0.454 e. The van der Waals surface area contributed by atoms with E-state index in [0.717, 1.165) is 37.1 Å². The summed E-state index contributed by atoms with van der Waals surface area (Å²) in [7, 11) is 0. The molecule has 1 N–H and O–H groups in total. The van der Waals surface area contributed by atoms with Crippen molar-refractivity contribution in [2.24, 2.45) is 11.8 Å². The van der Waals surface area contributed by atoms with Crippen molar-refractivity contribution in [3.8, 4) is 23.8 Å². The van der Waals surface area contributed by atoms with Gasteiger partial charge in [-0.1, -0.05) is 6.07 Å². The number of hydrogen-bond acceptors (Lipinski definition) is 4. The maximum Gasteiger partial charge on any atom is 0.231 e. The molecule has 0 aliphatic carbocycles. The first-order valence-electron chi connectivity index (χ1n) is 8.13. The first-order chi connectivity index (χ1) is 10.8. The molecule has 4 aliphatic rings. The zero-order chi connectivity index (χ0) is 14.9. The van der Waals surface area contributed by atoms with Crippen LogP contribution in [0.3, 0.4) is 0 Å². The molecule has 0 spiro atoms. The first-order valence-corrected chi connectivity index (χ1v) is 8.13. The monoisotopic (exact) mass is 298 g/mol. The molecule has 22 heavy (non-hydrogen) atoms. The minimum atomic E-state index is 0.334. The Kier molecular flexibility index (Phi) is 3.69. The summed E-state index contributed by atoms with van der Waals surface area (Å²) in [4.78, 5) is 2.57. The maximum atomic E-state index is 5.64. The molecule has 0 saturated carbocycles. The number of fused-ring (bicyclic) bond motifs is 4. The average molecular weight is 298 g/mol. The second kappa shape index (κ2) is 5.83. The molecule has 3 fully saturated rings. The number of ether oxygens (including phenoxy) is 2. The van der Waals surface area contributed by atoms with Crippen molar-refractivity contribution in [2.45, 2.75) is 25.4 Å². The lowest BCUT2D eigenvalue weighted by atomic mass is 9.76. The maximum absolute atomic E-state index is 5.64. The SMILES string of the molecule is C#C[C@H]1CN2CC[C@H]1C[C@@H]2CNCc1ccc2c(c1)OCO2. The Bertz CT molecular complexity index is 595. The van der Waals surface area contributed by atoms with Crippen LogP contribution in [0.2, 0.25) is 0 Å². The van der Waals surface area contributed by atoms with Gasteiger partial charge in [0.15, 0.2) is 11.5 Å². The highest BCUT2D eigenvalue weighted by Crippen LogP contribution is 2.36. The molecule has 1 unspecified atom stereocenters. The van der Waals surface area contributed by atoms with Gasteiger partial charge in [0.25, 0.3) is 0 Å². The van der Waals surface area contributed by atoms with Crippen molar-refractivity contribution < 1.29 is 9.47 Å². The molecule has 2 bridgehead atoms. The van der Waals surface area contributed by atoms with Crippen LogP contribution in [0.4, 0.5) is 0 Å². The number of nitrogens with one attached hydrogen (secondary N) is 1. The van der Waals surface area contributed by atoms with Gasteiger partial charge in [-0.2, -0.15) is 0 Å². The molecule has 0 amide bonds. The van der Waals surface area contributed by atoms with Crippen LogP contribution in [0, 0.1) is 24.2 Å². The van der Waals surface area contributed by atoms with E-state index >= 15 is 0 Å². The van der Waals surface area contributed by atoms with Crippen molar-refractivity contribution in [1.29, 1.82) is 0 Å². The van der Waals surface area contributed by atoms with Crippen LogP contribution in [-0.2, 0) is 6.54 Å². The molecule has 116 valence electrons. The first kappa shape index (κ1) is 13.9. The van der Waals surface area contributed by atoms with E-state index in [0.29, 0.717) is 18.8 Å². The predicted molar refractivity (Wildman–Crippen MR) is 84.7 cm³/mol. The van der Waals surface area contributed by atoms with Crippen LogP contribution < -0.4 is 14.8 Å². The molecule has 3 saturated heterocycles. The minimum Gasteiger partial charge on any atom is -0.454 e. The Morgan fingerprint density at radius 3 is 3.05 bits per heavy atom. The lowest BCUT2D eigenvalue weighted by Gasteiger charge is -2.48. The lowest BCUT2D eigenvalue weighted by molar-refractivity contribution is 0.0227. The van der Waals surface area contributed by atoms with E-state index in [4.69, 9.17) is 15.9 Å². The summed E-state index contributed by atoms with van der Waals surface area (Å²) in [5.41, 5.74) is 1.24. The van der Waals surface area contributed by atoms with Crippen molar-refractivity contribution in [1.82, 2.24) is 10.2 Å². The molecule has 4 atom stereocenters. The Morgan fingerprint density at radius 1 is 1.32 bits per heavy atom. The third kappa shape index (κ3) is 2.55. The second-order valence-electron chi connectivity index (χ2n) is 6.52. The topological polar surface area (TPSA) is 33.7 Å². The van der Waals surface area contributed by atoms with E-state index in [1.807, 2.05) is 6.07 Å². The van der Waals surface area contributed by atoms with Gasteiger partial charge in [0, 0.05) is 31.6 Å². The molecule has 0 radical (unpaired) electrons. The van der Waals surface area contributed by atoms with E-state index in [1.165, 1.54) is 24.9 Å². The van der Waals surface area contributed by atoms with E-state index in [1.54, 1.807) is 0 Å². The number of benzene rings is 1. The number of rotatable bonds is 4. The standard InChI is InChI=1S/C18H22N2O2/c1-2-14-11-20-6-5-15(14)8-16(20)10-19-9-13-3-4-17-18(7-13)22-12-21-17/h1,3-4,7,14-16,19H,5-6,8-12H2/t14-,15-,16+/m0/s1. The van der Waals surface area contributed by atoms with Gasteiger partial charge in [0.1, 0.15) is 0 Å². The summed E-state index contributed by atoms with van der Waals surface area (Å²) in [6.45, 7) is 4.52. The number of hydrogen-bond donors (Lipinski definition) is 1. The van der Waals surface area contributed by atoms with Crippen molar-refractivity contribution in [3.05, 3.63) is 23.8 Å². The molecular formula is C18H22N2O2. The van der Waals surface area contributed by atoms with Gasteiger partial charge >= 0.3 is 0 Å². The normalized spacial score (nSPS) is 32.0. The second-order valence-corrected chi connectivity index (χ2v) is 6.52. The summed E-state index contributed by atoms with van der Waals surface area (Å²) in [5, 5.41) is 3.59. The predicted octanol–water partition coefficient (Wildman–Crippen LogP) is 1.85. The van der Waals surface area contributed by atoms with Crippen molar-refractivity contribution >= 4 is 0 Å². The van der Waals surface area contributed by atoms with Gasteiger partial charge in [-0.3, -0.25) is 4.90 Å². The zero-order valence-corrected chi connectivity index (χ0v) is 12.8. The van der Waals surface area contributed by atoms with E-state index < -0.39 is 0 Å². The van der Waals surface area contributed by atoms with Crippen molar-refractivity contribution in [2.75, 3.05) is 26.4 Å². The van der Waals surface area contributed by atoms with E-state index in [2.05, 4.69) is 28.3 Å². The fourth-order valence-corrected chi connectivity index (χ4v) is 3.97. The highest BCUT2D eigenvalue weighted by molar-refractivity contribution is 5.44. The van der Waals surface area contributed by atoms with Crippen LogP contribution in [-0.4, -0.2) is 37.4 Å². The van der Waals surface area contributed by atoms with Crippen molar-refractivity contribution in [3.63, 3.8) is 0 Å². The number of piperidine rings is 3. The van der Waals surface area contributed by atoms with Gasteiger partial charge in [-0.25, -0.2) is 0 Å². The van der Waals surface area contributed by atoms with Gasteiger partial charge in [-0.05, 0) is 43.0 Å². The molecule has 1 aromatic rings. The Hall–Kier alpha value is -1.70. The lowest BCUT2D eigenvalue weighted by Crippen LogP contribution is -2.55. The molecule has 4 heterocycles. The minimum absolute atomic E-state index is 0.334. The summed E-state index contributed by atoms with van der Waals surface area (Å²) < 4.78 is 10.8. The molecule has 1 aromatic carbocycles. The average Bonchev–Trinajstić information content (AvgIpc) is 3.03. The van der Waals surface area contributed by atoms with Gasteiger partial charge in [-0.15, -0.1) is 12.3 Å². The molecule has 0 aromatic heterocycles. The number of terminal acetylenes is 1. The third-order valence-corrected chi connectivity index (χ3v) is 5.24. The zero-order valence-electron chi connectivity index (χ0n) is 12.8. The highest BCUT2D eigenvalue weighted by atomic mass is 16.7. The summed E-state index contributed by atoms with van der Waals surface area (Å²) >= 11 is 0. The Labute approximate surface area is 131 Å². The van der Waals surface area contributed by atoms with Crippen LogP contribution >= 0.6 is 0 Å². The van der Waals surface area contributed by atoms with Crippen LogP contribution in [0.25, 0.3) is 0 Å². The highest BCUT2D eigenvalue weighted by Gasteiger charge is 2.38. The molecule has 4 aliphatic heterocycles. The molecule has 5 rings (SSSR count). The Morgan fingerprint density at radius 2 is 2.23 bits per heavy atom. The van der Waals surface area contributed by atoms with Crippen LogP contribution in [0.1, 0.15) is 18.4 Å². The summed E-state index contributed by atoms with van der Waals surface area (Å²) in [6, 6.07) is 6.79. The molecule has 4 heteroatoms. The van der Waals surface area contributed by atoms with Gasteiger partial charge in [0.05, 0.1) is 0 Å². The van der Waals surface area contributed by atoms with Crippen LogP contribution in [0.15, 0.2) is 18.2 Å².